The highest BCUT2D eigenvalue weighted by atomic mass is 35.5. The lowest BCUT2D eigenvalue weighted by atomic mass is 9.85. The molecule has 1 unspecified atom stereocenters. The Kier molecular flexibility index (Phi) is 16.0. The van der Waals surface area contributed by atoms with Crippen molar-refractivity contribution in [2.24, 2.45) is 0 Å². The zero-order chi connectivity index (χ0) is 31.1. The van der Waals surface area contributed by atoms with Crippen LogP contribution in [-0.2, 0) is 35.4 Å². The minimum Gasteiger partial charge on any atom is -0.379 e. The zero-order valence-electron chi connectivity index (χ0n) is 25.6. The molecule has 0 aliphatic carbocycles. The molecule has 1 aliphatic rings. The smallest absolute Gasteiger partial charge is 0.178 e. The Morgan fingerprint density at radius 1 is 0.860 bits per heavy atom. The molecule has 43 heavy (non-hydrogen) atoms. The van der Waals surface area contributed by atoms with Gasteiger partial charge in [-0.2, -0.15) is 0 Å². The van der Waals surface area contributed by atoms with E-state index in [1.165, 1.54) is 12.8 Å². The Labute approximate surface area is 268 Å². The molecule has 0 saturated carbocycles. The largest absolute Gasteiger partial charge is 0.379 e. The summed E-state index contributed by atoms with van der Waals surface area (Å²) in [5.41, 5.74) is 3.19. The number of likely N-dealkylation sites (N-methyl/N-ethyl adjacent to an activating group) is 1. The Bertz CT molecular complexity index is 1240. The molecular weight excluding hydrogens is 609 g/mol. The number of halogens is 2. The van der Waals surface area contributed by atoms with Gasteiger partial charge in [0.25, 0.3) is 0 Å². The normalized spacial score (nSPS) is 15.5. The number of ketones is 1. The van der Waals surface area contributed by atoms with Crippen molar-refractivity contribution in [1.82, 2.24) is 4.90 Å². The van der Waals surface area contributed by atoms with E-state index in [2.05, 4.69) is 11.8 Å². The molecule has 1 atom stereocenters. The number of Topliss-reactive ketones (excluding diaryl/α,β-unsaturated/α-hetero) is 1. The summed E-state index contributed by atoms with van der Waals surface area (Å²) >= 11 is 12.8. The van der Waals surface area contributed by atoms with E-state index < -0.39 is 9.84 Å². The molecule has 2 aromatic rings. The van der Waals surface area contributed by atoms with E-state index in [4.69, 9.17) is 37.4 Å². The number of benzene rings is 2. The topological polar surface area (TPSA) is 82.1 Å². The van der Waals surface area contributed by atoms with Crippen molar-refractivity contribution >= 4 is 38.8 Å². The number of fused-ring (bicyclic) bond motifs is 1. The SMILES string of the molecule is CCCCCCC(=O)CCCOCCOCCOCCCS(=O)(=O)c1ccc(C2CN(C)Cc3c(Cl)cc(Cl)cc32)cc1. The van der Waals surface area contributed by atoms with E-state index in [1.807, 2.05) is 25.2 Å². The Balaban J connectivity index is 1.27. The summed E-state index contributed by atoms with van der Waals surface area (Å²) in [6.45, 7) is 6.37. The summed E-state index contributed by atoms with van der Waals surface area (Å²) in [7, 11) is -1.37. The lowest BCUT2D eigenvalue weighted by molar-refractivity contribution is -0.119. The van der Waals surface area contributed by atoms with Crippen LogP contribution in [0.4, 0.5) is 0 Å². The third-order valence-electron chi connectivity index (χ3n) is 7.63. The number of sulfone groups is 1. The van der Waals surface area contributed by atoms with Crippen LogP contribution in [0.15, 0.2) is 41.3 Å². The number of hydrogen-bond donors (Lipinski definition) is 0. The monoisotopic (exact) mass is 655 g/mol. The van der Waals surface area contributed by atoms with Crippen molar-refractivity contribution in [2.45, 2.75) is 75.6 Å². The number of rotatable bonds is 21. The molecule has 10 heteroatoms. The first-order chi connectivity index (χ1) is 20.7. The predicted octanol–water partition coefficient (Wildman–Crippen LogP) is 7.10. The van der Waals surface area contributed by atoms with Crippen LogP contribution >= 0.6 is 23.2 Å². The molecule has 0 amide bonds. The number of hydrogen-bond acceptors (Lipinski definition) is 7. The van der Waals surface area contributed by atoms with E-state index in [0.29, 0.717) is 79.6 Å². The van der Waals surface area contributed by atoms with E-state index >= 15 is 0 Å². The van der Waals surface area contributed by atoms with Gasteiger partial charge >= 0.3 is 0 Å². The highest BCUT2D eigenvalue weighted by molar-refractivity contribution is 7.91. The number of unbranched alkanes of at least 4 members (excludes halogenated alkanes) is 3. The van der Waals surface area contributed by atoms with E-state index in [1.54, 1.807) is 18.2 Å². The molecule has 0 saturated heterocycles. The second-order valence-electron chi connectivity index (χ2n) is 11.2. The summed E-state index contributed by atoms with van der Waals surface area (Å²) in [6.07, 6.45) is 6.93. The fraction of sp³-hybridized carbons (Fsp3) is 0.606. The predicted molar refractivity (Wildman–Crippen MR) is 173 cm³/mol. The first kappa shape index (κ1) is 36.0. The molecule has 1 aliphatic heterocycles. The molecule has 3 rings (SSSR count). The molecular formula is C33H47Cl2NO6S. The minimum absolute atomic E-state index is 0.0164. The average Bonchev–Trinajstić information content (AvgIpc) is 2.98. The van der Waals surface area contributed by atoms with Crippen molar-refractivity contribution in [3.8, 4) is 0 Å². The van der Waals surface area contributed by atoms with Crippen LogP contribution in [0.2, 0.25) is 10.0 Å². The molecule has 240 valence electrons. The van der Waals surface area contributed by atoms with Gasteiger partial charge < -0.3 is 19.1 Å². The number of ether oxygens (including phenoxy) is 3. The Morgan fingerprint density at radius 3 is 2.16 bits per heavy atom. The van der Waals surface area contributed by atoms with Crippen molar-refractivity contribution < 1.29 is 27.4 Å². The van der Waals surface area contributed by atoms with Crippen LogP contribution in [-0.4, -0.2) is 78.1 Å². The summed E-state index contributed by atoms with van der Waals surface area (Å²) in [5.74, 6) is 0.400. The van der Waals surface area contributed by atoms with E-state index in [-0.39, 0.29) is 11.7 Å². The molecule has 0 radical (unpaired) electrons. The number of carbonyl (C=O) groups is 1. The summed E-state index contributed by atoms with van der Waals surface area (Å²) in [5, 5.41) is 1.26. The minimum atomic E-state index is -3.42. The highest BCUT2D eigenvalue weighted by Gasteiger charge is 2.27. The molecule has 0 N–H and O–H groups in total. The maximum absolute atomic E-state index is 12.9. The summed E-state index contributed by atoms with van der Waals surface area (Å²) in [4.78, 5) is 14.3. The van der Waals surface area contributed by atoms with Gasteiger partial charge in [0.15, 0.2) is 9.84 Å². The van der Waals surface area contributed by atoms with Gasteiger partial charge in [-0.15, -0.1) is 0 Å². The second kappa shape index (κ2) is 19.1. The van der Waals surface area contributed by atoms with E-state index in [0.717, 1.165) is 49.0 Å². The van der Waals surface area contributed by atoms with E-state index in [9.17, 15) is 13.2 Å². The molecule has 0 aromatic heterocycles. The first-order valence-electron chi connectivity index (χ1n) is 15.4. The lowest BCUT2D eigenvalue weighted by Crippen LogP contribution is -2.31. The van der Waals surface area contributed by atoms with Gasteiger partial charge in [0.2, 0.25) is 0 Å². The molecule has 2 aromatic carbocycles. The Morgan fingerprint density at radius 2 is 1.49 bits per heavy atom. The third-order valence-corrected chi connectivity index (χ3v) is 10.0. The van der Waals surface area contributed by atoms with Crippen molar-refractivity contribution in [2.75, 3.05) is 59.0 Å². The fourth-order valence-electron chi connectivity index (χ4n) is 5.29. The van der Waals surface area contributed by atoms with Gasteiger partial charge in [-0.1, -0.05) is 61.5 Å². The summed E-state index contributed by atoms with van der Waals surface area (Å²) in [6, 6.07) is 10.9. The van der Waals surface area contributed by atoms with Gasteiger partial charge in [-0.25, -0.2) is 8.42 Å². The molecule has 0 fully saturated rings. The maximum atomic E-state index is 12.9. The van der Waals surface area contributed by atoms with Crippen molar-refractivity contribution in [1.29, 1.82) is 0 Å². The van der Waals surface area contributed by atoms with Crippen molar-refractivity contribution in [3.05, 3.63) is 63.1 Å². The molecule has 7 nitrogen and oxygen atoms in total. The second-order valence-corrected chi connectivity index (χ2v) is 14.2. The number of carbonyl (C=O) groups excluding carboxylic acids is 1. The van der Waals surface area contributed by atoms with Crippen LogP contribution in [0.5, 0.6) is 0 Å². The maximum Gasteiger partial charge on any atom is 0.178 e. The summed E-state index contributed by atoms with van der Waals surface area (Å²) < 4.78 is 42.4. The lowest BCUT2D eigenvalue weighted by Gasteiger charge is -2.33. The molecule has 1 heterocycles. The van der Waals surface area contributed by atoms with Crippen molar-refractivity contribution in [3.63, 3.8) is 0 Å². The van der Waals surface area contributed by atoms with Crippen LogP contribution in [0.1, 0.15) is 80.9 Å². The van der Waals surface area contributed by atoms with Crippen LogP contribution in [0, 0.1) is 0 Å². The fourth-order valence-corrected chi connectivity index (χ4v) is 7.15. The molecule has 0 spiro atoms. The Hall–Kier alpha value is -1.52. The quantitative estimate of drug-likeness (QED) is 0.133. The van der Waals surface area contributed by atoms with Gasteiger partial charge in [-0.05, 0) is 67.3 Å². The zero-order valence-corrected chi connectivity index (χ0v) is 28.0. The van der Waals surface area contributed by atoms with Gasteiger partial charge in [-0.3, -0.25) is 4.79 Å². The van der Waals surface area contributed by atoms with Crippen LogP contribution < -0.4 is 0 Å². The van der Waals surface area contributed by atoms with Crippen LogP contribution in [0.3, 0.4) is 0 Å². The highest BCUT2D eigenvalue weighted by Crippen LogP contribution is 2.38. The van der Waals surface area contributed by atoms with Gasteiger partial charge in [0, 0.05) is 55.1 Å². The third kappa shape index (κ3) is 12.4. The van der Waals surface area contributed by atoms with Gasteiger partial charge in [0.1, 0.15) is 5.78 Å². The first-order valence-corrected chi connectivity index (χ1v) is 17.9. The standard InChI is InChI=1S/C33H47Cl2NO6S/c1-3-4-5-6-9-28(37)10-7-15-40-17-19-42-20-18-41-16-8-21-43(38,39)29-13-11-26(12-14-29)31-24-36(2)25-32-30(31)22-27(34)23-33(32)35/h11-14,22-23,31H,3-10,15-21,24-25H2,1-2H3. The van der Waals surface area contributed by atoms with Gasteiger partial charge in [0.05, 0.1) is 37.1 Å². The van der Waals surface area contributed by atoms with Crippen LogP contribution in [0.25, 0.3) is 0 Å². The average molecular weight is 657 g/mol. The molecule has 0 bridgehead atoms. The number of nitrogens with zero attached hydrogens (tertiary/aromatic N) is 1.